The molecule has 0 unspecified atom stereocenters. The number of carbonyl (C=O) groups is 4. The second kappa shape index (κ2) is 37.0. The van der Waals surface area contributed by atoms with Gasteiger partial charge in [0.05, 0.1) is 42.5 Å². The molecule has 0 spiro atoms. The Morgan fingerprint density at radius 2 is 0.935 bits per heavy atom. The van der Waals surface area contributed by atoms with Gasteiger partial charge < -0.3 is 26.9 Å². The molecule has 0 bridgehead atoms. The number of nitrogens with one attached hydrogen (secondary N) is 1. The van der Waals surface area contributed by atoms with Gasteiger partial charge >= 0.3 is 103 Å². The fraction of sp³-hybridized carbons (Fsp3) is 0.714. The van der Waals surface area contributed by atoms with E-state index in [-0.39, 0.29) is 145 Å². The molecule has 24 heteroatoms. The van der Waals surface area contributed by atoms with Crippen molar-refractivity contribution in [3.8, 4) is 0 Å². The number of rotatable bonds is 12. The van der Waals surface area contributed by atoms with E-state index >= 15 is 0 Å². The van der Waals surface area contributed by atoms with Gasteiger partial charge in [0.15, 0.2) is 11.6 Å². The first-order valence-corrected chi connectivity index (χ1v) is 41.5. The monoisotopic (exact) mass is 1630 g/mol. The second-order valence-electron chi connectivity index (χ2n) is 35.8. The molecule has 12 aliphatic rings. The number of carbonyl (C=O) groups excluding carboxylic acids is 4. The number of hydrogen-bond acceptors (Lipinski definition) is 15. The van der Waals surface area contributed by atoms with Gasteiger partial charge in [-0.05, 0) is 315 Å². The Bertz CT molecular complexity index is 4070. The molecular weight excluding hydrogens is 1510 g/mol. The van der Waals surface area contributed by atoms with Gasteiger partial charge in [-0.25, -0.2) is 17.9 Å². The number of fused-ring (bicyclic) bond motifs is 18. The summed E-state index contributed by atoms with van der Waals surface area (Å²) in [6.07, 6.45) is 29.4. The average Bonchev–Trinajstić information content (AvgIpc) is 1.66. The first-order chi connectivity index (χ1) is 51.8. The largest absolute Gasteiger partial charge is 1.00 e. The van der Waals surface area contributed by atoms with Crippen LogP contribution in [0.1, 0.15) is 198 Å². The molecular formula is C84H114BrF3K2N8O9S. The van der Waals surface area contributed by atoms with Gasteiger partial charge in [-0.2, -0.15) is 20.5 Å². The summed E-state index contributed by atoms with van der Waals surface area (Å²) >= 11 is 7.26. The number of alkyl halides is 4. The van der Waals surface area contributed by atoms with Crippen molar-refractivity contribution < 1.29 is 165 Å². The van der Waals surface area contributed by atoms with Crippen LogP contribution in [0.2, 0.25) is 0 Å². The number of H-pyrrole nitrogens is 1. The Labute approximate surface area is 738 Å². The van der Waals surface area contributed by atoms with Crippen LogP contribution < -0.4 is 108 Å². The summed E-state index contributed by atoms with van der Waals surface area (Å²) in [7, 11) is 0. The summed E-state index contributed by atoms with van der Waals surface area (Å²) in [4.78, 5) is 50.8. The van der Waals surface area contributed by atoms with Gasteiger partial charge in [0.25, 0.3) is 6.47 Å². The van der Waals surface area contributed by atoms with Crippen LogP contribution in [0.3, 0.4) is 0 Å². The number of aromatic amines is 1. The maximum absolute atomic E-state index is 13.6. The van der Waals surface area contributed by atoms with Crippen molar-refractivity contribution in [1.29, 1.82) is 0 Å². The fourth-order valence-electron chi connectivity index (χ4n) is 26.4. The van der Waals surface area contributed by atoms with Crippen molar-refractivity contribution >= 4 is 90.8 Å². The predicted molar refractivity (Wildman–Crippen MR) is 408 cm³/mol. The molecule has 12 fully saturated rings. The number of para-hydroxylation sites is 3. The van der Waals surface area contributed by atoms with Crippen LogP contribution in [0.25, 0.3) is 33.0 Å². The average molecular weight is 1630 g/mol. The number of thiocarbonyl (C=S) groups is 1. The molecule has 580 valence electrons. The normalized spacial score (nSPS) is 39.4. The molecule has 18 rings (SSSR count). The molecule has 12 saturated carbocycles. The van der Waals surface area contributed by atoms with E-state index in [0.717, 1.165) is 122 Å². The third kappa shape index (κ3) is 17.5. The third-order valence-electron chi connectivity index (χ3n) is 31.1. The van der Waals surface area contributed by atoms with Crippen molar-refractivity contribution in [3.63, 3.8) is 0 Å². The van der Waals surface area contributed by atoms with Gasteiger partial charge in [-0.1, -0.05) is 96.6 Å². The minimum Gasteiger partial charge on any atom is -1.00 e. The van der Waals surface area contributed by atoms with E-state index in [4.69, 9.17) is 12.8 Å². The first kappa shape index (κ1) is 83.8. The summed E-state index contributed by atoms with van der Waals surface area (Å²) in [5.41, 5.74) is 1.74. The Hall–Kier alpha value is -2.12. The zero-order valence-electron chi connectivity index (χ0n) is 67.2. The Kier molecular flexibility index (Phi) is 28.7. The van der Waals surface area contributed by atoms with Crippen molar-refractivity contribution in [1.82, 2.24) is 40.2 Å². The maximum atomic E-state index is 13.6. The van der Waals surface area contributed by atoms with Crippen molar-refractivity contribution in [2.24, 2.45) is 123 Å². The molecule has 6 aromatic rings. The Balaban J connectivity index is 0.000000159. The minimum atomic E-state index is -1.08. The summed E-state index contributed by atoms with van der Waals surface area (Å²) in [6, 6.07) is 23.6. The van der Waals surface area contributed by atoms with Crippen molar-refractivity contribution in [2.45, 2.75) is 224 Å². The predicted octanol–water partition coefficient (Wildman–Crippen LogP) is 9.59. The smallest absolute Gasteiger partial charge is 1.00 e. The SMILES string of the molecule is C[C@]12CC[C@H]3[C@@H](CC[C@@H]4C[C@@](O)(CF)CC[C@@H]43)[C@@H]1CC[C@@H]2C(=O)CBr.C[C@]12CC[C@H]3[C@@H](CC[C@@H]4C[C@@](O)(CF)CC[C@@H]43)[C@@H]1CC[C@@H]2C(=O)Cn1cc2ccccc2n1.C[C@]12CC[C@H]3[C@@H](CC[C@@H]4C[C@@](O)(CF)CC[C@@H]43)[C@@H]1CC[C@@H]2C(=O)Cn1nnc2ccccc21.O=CO[O-].[2H]C([2H])=S.[H-].[K+].[K+].c1ccc2n[nH]nc2c1. The van der Waals surface area contributed by atoms with Crippen LogP contribution in [0.15, 0.2) is 79.0 Å². The van der Waals surface area contributed by atoms with E-state index < -0.39 is 42.6 Å². The van der Waals surface area contributed by atoms with Crippen LogP contribution in [-0.2, 0) is 37.2 Å². The van der Waals surface area contributed by atoms with Crippen molar-refractivity contribution in [3.05, 3.63) is 79.0 Å². The molecule has 0 amide bonds. The molecule has 12 aliphatic carbocycles. The van der Waals surface area contributed by atoms with E-state index in [1.807, 2.05) is 83.7 Å². The van der Waals surface area contributed by atoms with Gasteiger partial charge in [-0.3, -0.25) is 23.9 Å². The van der Waals surface area contributed by atoms with Crippen molar-refractivity contribution in [2.75, 3.05) is 25.4 Å². The van der Waals surface area contributed by atoms with Gasteiger partial charge in [0, 0.05) is 29.3 Å². The molecule has 3 heterocycles. The van der Waals surface area contributed by atoms with E-state index in [1.165, 1.54) is 57.8 Å². The number of halogens is 4. The number of nitrogens with zero attached hydrogens (tertiary/aromatic N) is 7. The van der Waals surface area contributed by atoms with Crippen LogP contribution in [-0.4, -0.2) is 127 Å². The van der Waals surface area contributed by atoms with Crippen LogP contribution in [0.4, 0.5) is 13.2 Å². The summed E-state index contributed by atoms with van der Waals surface area (Å²) in [5.74, 6) is 10.7. The third-order valence-corrected chi connectivity index (χ3v) is 31.7. The second-order valence-corrected chi connectivity index (χ2v) is 36.4. The van der Waals surface area contributed by atoms with Gasteiger partial charge in [-0.15, -0.1) is 5.10 Å². The summed E-state index contributed by atoms with van der Waals surface area (Å²) in [5, 5.41) is 64.9. The van der Waals surface area contributed by atoms with E-state index in [9.17, 15) is 42.9 Å². The molecule has 0 radical (unpaired) electrons. The summed E-state index contributed by atoms with van der Waals surface area (Å²) in [6.45, 7) is 5.91. The van der Waals surface area contributed by atoms with E-state index in [0.29, 0.717) is 151 Å². The minimum absolute atomic E-state index is 0. The Morgan fingerprint density at radius 3 is 1.33 bits per heavy atom. The van der Waals surface area contributed by atoms with Crippen LogP contribution >= 0.6 is 28.1 Å². The maximum Gasteiger partial charge on any atom is 1.00 e. The zero-order chi connectivity index (χ0) is 76.5. The molecule has 0 aliphatic heterocycles. The molecule has 0 saturated heterocycles. The number of Topliss-reactive ketones (excluding diaryl/α,β-unsaturated/α-hetero) is 3. The fourth-order valence-corrected chi connectivity index (χ4v) is 26.8. The molecule has 108 heavy (non-hydrogen) atoms. The standard InChI is InChI=1S/C28H37FN2O2.C27H36FN3O2.C21H32BrFO2.C6H5N3.CH2O3.CH2S.2K.H/c1-27-12-10-21-20-11-13-28(33,17-29)14-18(20)6-7-22(21)23(27)8-9-24(27)26(32)16-31-15-19-4-2-3-5-25(19)30-31;1-26-12-10-19-18-11-13-27(33,16-28)14-17(18)6-7-20(19)21(26)8-9-22(26)25(32)15-31-24-5-3-2-4-23(24)29-30-31;1-20-8-6-15-14-7-9-21(25,12-23)10-13(14)2-3-16(15)17(20)4-5-18(20)19(24)11-22;1-2-4-6-5(3-1)7-9-8-6;2-1-4-3;1-2;;;/h2-5,15,18,20-24,33H,6-14,16-17H2,1H3;2-5,17-22,33H,6-16H2,1H3;13-18,25H,2-12H2,1H3;1-4H,(H,7,8,9);1,3H;1H2;;;/q;;;;;;2*+1;-1/p-1/t18-,20+,21-,22-,23+,24-,27+,28-;17-,18+,19-,20-,21+,22-,26+,27-;13-,14+,15-,16-,17+,18-,20+,21-;;;;;;/m111....../s1/i;;;;;1D2;;;. The first-order valence-electron chi connectivity index (χ1n) is 41.0. The number of ketones is 3. The van der Waals surface area contributed by atoms with Crippen LogP contribution in [0.5, 0.6) is 0 Å². The molecule has 24 atom stereocenters. The molecule has 3 aromatic heterocycles. The molecule has 3 aromatic carbocycles. The van der Waals surface area contributed by atoms with Crippen LogP contribution in [0, 0.1) is 123 Å². The number of aromatic nitrogens is 8. The zero-order valence-corrected chi connectivity index (χ0v) is 72.8. The van der Waals surface area contributed by atoms with E-state index in [1.54, 1.807) is 4.68 Å². The topological polar surface area (TPSA) is 251 Å². The molecule has 4 N–H and O–H groups in total. The quantitative estimate of drug-likeness (QED) is 0.0222. The van der Waals surface area contributed by atoms with Gasteiger partial charge in [0.1, 0.15) is 48.9 Å². The summed E-state index contributed by atoms with van der Waals surface area (Å²) < 4.78 is 55.7. The number of aliphatic hydroxyl groups is 3. The van der Waals surface area contributed by atoms with Gasteiger partial charge in [0.2, 0.25) is 0 Å². The van der Waals surface area contributed by atoms with E-state index in [2.05, 4.69) is 84.6 Å². The Morgan fingerprint density at radius 1 is 0.565 bits per heavy atom. The number of hydrogen-bond donors (Lipinski definition) is 4. The molecule has 17 nitrogen and oxygen atoms in total. The number of benzene rings is 3.